The van der Waals surface area contributed by atoms with Crippen molar-refractivity contribution < 1.29 is 9.18 Å². The van der Waals surface area contributed by atoms with Crippen molar-refractivity contribution in [3.05, 3.63) is 76.6 Å². The van der Waals surface area contributed by atoms with Crippen LogP contribution in [0.15, 0.2) is 54.6 Å². The molecule has 0 saturated carbocycles. The Morgan fingerprint density at radius 3 is 2.59 bits per heavy atom. The molecule has 3 aromatic rings. The molecule has 0 fully saturated rings. The SMILES string of the molecule is O=C1c2cccc3cccc(c23)N1Cc1ccc(F)cc1Cl. The van der Waals surface area contributed by atoms with E-state index in [-0.39, 0.29) is 11.7 Å². The summed E-state index contributed by atoms with van der Waals surface area (Å²) in [7, 11) is 0. The summed E-state index contributed by atoms with van der Waals surface area (Å²) in [6.45, 7) is 0.325. The lowest BCUT2D eigenvalue weighted by atomic mass is 10.1. The van der Waals surface area contributed by atoms with E-state index >= 15 is 0 Å². The third-order valence-corrected chi connectivity index (χ3v) is 4.34. The molecule has 1 heterocycles. The topological polar surface area (TPSA) is 20.3 Å². The fraction of sp³-hybridized carbons (Fsp3) is 0.0556. The minimum absolute atomic E-state index is 0.0489. The van der Waals surface area contributed by atoms with Crippen LogP contribution in [-0.4, -0.2) is 5.91 Å². The first kappa shape index (κ1) is 13.3. The first-order valence-corrected chi connectivity index (χ1v) is 7.30. The van der Waals surface area contributed by atoms with Crippen LogP contribution >= 0.6 is 11.6 Å². The minimum Gasteiger partial charge on any atom is -0.303 e. The number of amides is 1. The second kappa shape index (κ2) is 4.82. The molecule has 0 N–H and O–H groups in total. The van der Waals surface area contributed by atoms with Crippen LogP contribution in [0.2, 0.25) is 5.02 Å². The van der Waals surface area contributed by atoms with E-state index in [1.807, 2.05) is 36.4 Å². The number of halogens is 2. The third-order valence-electron chi connectivity index (χ3n) is 3.99. The van der Waals surface area contributed by atoms with Crippen molar-refractivity contribution >= 4 is 34.0 Å². The van der Waals surface area contributed by atoms with Crippen LogP contribution < -0.4 is 4.90 Å². The van der Waals surface area contributed by atoms with Gasteiger partial charge in [0.25, 0.3) is 5.91 Å². The second-order valence-electron chi connectivity index (χ2n) is 5.31. The predicted octanol–water partition coefficient (Wildman–Crippen LogP) is 4.79. The monoisotopic (exact) mass is 311 g/mol. The maximum absolute atomic E-state index is 13.2. The van der Waals surface area contributed by atoms with Gasteiger partial charge in [0.1, 0.15) is 5.82 Å². The lowest BCUT2D eigenvalue weighted by Crippen LogP contribution is -2.26. The molecule has 22 heavy (non-hydrogen) atoms. The Bertz CT molecular complexity index is 917. The van der Waals surface area contributed by atoms with Crippen LogP contribution in [0.5, 0.6) is 0 Å². The van der Waals surface area contributed by atoms with Crippen LogP contribution in [0.3, 0.4) is 0 Å². The van der Waals surface area contributed by atoms with E-state index in [2.05, 4.69) is 0 Å². The smallest absolute Gasteiger partial charge is 0.259 e. The Morgan fingerprint density at radius 1 is 1.05 bits per heavy atom. The molecule has 4 rings (SSSR count). The number of hydrogen-bond acceptors (Lipinski definition) is 1. The lowest BCUT2D eigenvalue weighted by molar-refractivity contribution is 0.0991. The van der Waals surface area contributed by atoms with Crippen LogP contribution in [0.4, 0.5) is 10.1 Å². The number of carbonyl (C=O) groups excluding carboxylic acids is 1. The van der Waals surface area contributed by atoms with Gasteiger partial charge in [0.05, 0.1) is 12.2 Å². The van der Waals surface area contributed by atoms with Gasteiger partial charge in [-0.3, -0.25) is 4.79 Å². The van der Waals surface area contributed by atoms with E-state index in [1.54, 1.807) is 11.0 Å². The molecule has 0 atom stereocenters. The Balaban J connectivity index is 1.82. The molecule has 0 radical (unpaired) electrons. The maximum Gasteiger partial charge on any atom is 0.259 e. The Morgan fingerprint density at radius 2 is 1.82 bits per heavy atom. The average Bonchev–Trinajstić information content (AvgIpc) is 2.78. The van der Waals surface area contributed by atoms with Crippen LogP contribution in [-0.2, 0) is 6.54 Å². The maximum atomic E-state index is 13.2. The van der Waals surface area contributed by atoms with Crippen LogP contribution in [0.25, 0.3) is 10.8 Å². The van der Waals surface area contributed by atoms with Gasteiger partial charge in [-0.05, 0) is 35.2 Å². The van der Waals surface area contributed by atoms with Crippen molar-refractivity contribution in [2.75, 3.05) is 4.90 Å². The zero-order valence-corrected chi connectivity index (χ0v) is 12.3. The molecule has 0 bridgehead atoms. The minimum atomic E-state index is -0.383. The molecule has 0 spiro atoms. The molecule has 108 valence electrons. The molecule has 1 amide bonds. The summed E-state index contributed by atoms with van der Waals surface area (Å²) >= 11 is 6.09. The van der Waals surface area contributed by atoms with E-state index < -0.39 is 0 Å². The quantitative estimate of drug-likeness (QED) is 0.666. The molecule has 3 aromatic carbocycles. The zero-order valence-electron chi connectivity index (χ0n) is 11.5. The molecular formula is C18H11ClFNO. The first-order chi connectivity index (χ1) is 10.6. The summed E-state index contributed by atoms with van der Waals surface area (Å²) in [6.07, 6.45) is 0. The third kappa shape index (κ3) is 1.90. The standard InChI is InChI=1S/C18H11ClFNO/c19-15-9-13(20)8-7-12(15)10-21-16-6-2-4-11-3-1-5-14(17(11)16)18(21)22/h1-9H,10H2. The summed E-state index contributed by atoms with van der Waals surface area (Å²) in [6, 6.07) is 15.8. The number of anilines is 1. The summed E-state index contributed by atoms with van der Waals surface area (Å²) in [5.41, 5.74) is 2.30. The molecule has 1 aliphatic rings. The molecular weight excluding hydrogens is 301 g/mol. The van der Waals surface area contributed by atoms with Crippen LogP contribution in [0.1, 0.15) is 15.9 Å². The van der Waals surface area contributed by atoms with Crippen molar-refractivity contribution in [1.82, 2.24) is 0 Å². The largest absolute Gasteiger partial charge is 0.303 e. The van der Waals surface area contributed by atoms with Gasteiger partial charge in [0.15, 0.2) is 0 Å². The second-order valence-corrected chi connectivity index (χ2v) is 5.72. The molecule has 0 aliphatic carbocycles. The van der Waals surface area contributed by atoms with Crippen molar-refractivity contribution in [2.45, 2.75) is 6.54 Å². The number of nitrogens with zero attached hydrogens (tertiary/aromatic N) is 1. The molecule has 0 aromatic heterocycles. The number of hydrogen-bond donors (Lipinski definition) is 0. The lowest BCUT2D eigenvalue weighted by Gasteiger charge is -2.18. The highest BCUT2D eigenvalue weighted by molar-refractivity contribution is 6.31. The van der Waals surface area contributed by atoms with Gasteiger partial charge < -0.3 is 4.90 Å². The Kier molecular flexibility index (Phi) is 2.91. The van der Waals surface area contributed by atoms with Gasteiger partial charge in [-0.15, -0.1) is 0 Å². The van der Waals surface area contributed by atoms with Gasteiger partial charge in [0, 0.05) is 16.0 Å². The van der Waals surface area contributed by atoms with Gasteiger partial charge in [-0.2, -0.15) is 0 Å². The van der Waals surface area contributed by atoms with Gasteiger partial charge in [-0.25, -0.2) is 4.39 Å². The van der Waals surface area contributed by atoms with Gasteiger partial charge in [-0.1, -0.05) is 41.9 Å². The number of rotatable bonds is 2. The highest BCUT2D eigenvalue weighted by Crippen LogP contribution is 2.38. The van der Waals surface area contributed by atoms with E-state index in [1.165, 1.54) is 12.1 Å². The number of carbonyl (C=O) groups is 1. The van der Waals surface area contributed by atoms with Crippen molar-refractivity contribution in [3.63, 3.8) is 0 Å². The molecule has 0 saturated heterocycles. The fourth-order valence-electron chi connectivity index (χ4n) is 2.96. The average molecular weight is 312 g/mol. The summed E-state index contributed by atoms with van der Waals surface area (Å²) in [5.74, 6) is -0.431. The van der Waals surface area contributed by atoms with Crippen molar-refractivity contribution in [1.29, 1.82) is 0 Å². The Hall–Kier alpha value is -2.39. The van der Waals surface area contributed by atoms with E-state index in [9.17, 15) is 9.18 Å². The van der Waals surface area contributed by atoms with Crippen molar-refractivity contribution in [2.24, 2.45) is 0 Å². The normalized spacial score (nSPS) is 13.2. The van der Waals surface area contributed by atoms with Gasteiger partial charge >= 0.3 is 0 Å². The highest BCUT2D eigenvalue weighted by Gasteiger charge is 2.29. The molecule has 1 aliphatic heterocycles. The first-order valence-electron chi connectivity index (χ1n) is 6.93. The molecule has 2 nitrogen and oxygen atoms in total. The van der Waals surface area contributed by atoms with Gasteiger partial charge in [0.2, 0.25) is 0 Å². The fourth-order valence-corrected chi connectivity index (χ4v) is 3.18. The van der Waals surface area contributed by atoms with E-state index in [0.717, 1.165) is 22.0 Å². The summed E-state index contributed by atoms with van der Waals surface area (Å²) in [4.78, 5) is 14.4. The predicted molar refractivity (Wildman–Crippen MR) is 85.9 cm³/mol. The van der Waals surface area contributed by atoms with Crippen molar-refractivity contribution in [3.8, 4) is 0 Å². The zero-order chi connectivity index (χ0) is 15.3. The summed E-state index contributed by atoms with van der Waals surface area (Å²) in [5, 5.41) is 2.33. The Labute approximate surface area is 131 Å². The van der Waals surface area contributed by atoms with Crippen LogP contribution in [0, 0.1) is 5.82 Å². The highest BCUT2D eigenvalue weighted by atomic mass is 35.5. The summed E-state index contributed by atoms with van der Waals surface area (Å²) < 4.78 is 13.2. The molecule has 0 unspecified atom stereocenters. The van der Waals surface area contributed by atoms with E-state index in [0.29, 0.717) is 17.1 Å². The molecule has 4 heteroatoms. The number of benzene rings is 3. The van der Waals surface area contributed by atoms with E-state index in [4.69, 9.17) is 11.6 Å².